The van der Waals surface area contributed by atoms with Crippen molar-refractivity contribution in [2.24, 2.45) is 5.73 Å². The summed E-state index contributed by atoms with van der Waals surface area (Å²) in [5, 5.41) is 0. The van der Waals surface area contributed by atoms with E-state index in [0.717, 1.165) is 37.8 Å². The van der Waals surface area contributed by atoms with E-state index in [-0.39, 0.29) is 0 Å². The van der Waals surface area contributed by atoms with Crippen LogP contribution in [0.2, 0.25) is 0 Å². The minimum atomic E-state index is 0.748. The Morgan fingerprint density at radius 1 is 1.15 bits per heavy atom. The van der Waals surface area contributed by atoms with E-state index >= 15 is 0 Å². The fraction of sp³-hybridized carbons (Fsp3) is 0.647. The number of ether oxygens (including phenoxy) is 1. The van der Waals surface area contributed by atoms with Gasteiger partial charge in [0, 0.05) is 12.6 Å². The molecule has 3 heteroatoms. The first kappa shape index (κ1) is 15.3. The Bertz CT molecular complexity index is 371. The lowest BCUT2D eigenvalue weighted by Gasteiger charge is -2.34. The summed E-state index contributed by atoms with van der Waals surface area (Å²) in [6, 6.07) is 9.21. The molecule has 3 nitrogen and oxygen atoms in total. The van der Waals surface area contributed by atoms with Crippen LogP contribution in [0, 0.1) is 0 Å². The van der Waals surface area contributed by atoms with Gasteiger partial charge in [0.1, 0.15) is 5.75 Å². The van der Waals surface area contributed by atoms with Crippen LogP contribution in [0.25, 0.3) is 0 Å². The Morgan fingerprint density at radius 2 is 1.85 bits per heavy atom. The second kappa shape index (κ2) is 8.28. The molecule has 0 aromatic heterocycles. The molecule has 0 aliphatic heterocycles. The van der Waals surface area contributed by atoms with Gasteiger partial charge in [-0.3, -0.25) is 4.90 Å². The predicted octanol–water partition coefficient (Wildman–Crippen LogP) is 3.18. The topological polar surface area (TPSA) is 38.5 Å². The fourth-order valence-electron chi connectivity index (χ4n) is 3.10. The first-order chi connectivity index (χ1) is 9.83. The summed E-state index contributed by atoms with van der Waals surface area (Å²) in [4.78, 5) is 2.63. The number of benzene rings is 1. The third kappa shape index (κ3) is 4.50. The highest BCUT2D eigenvalue weighted by molar-refractivity contribution is 5.27. The largest absolute Gasteiger partial charge is 0.497 e. The Morgan fingerprint density at radius 3 is 2.45 bits per heavy atom. The van der Waals surface area contributed by atoms with Gasteiger partial charge in [-0.15, -0.1) is 0 Å². The lowest BCUT2D eigenvalue weighted by Crippen LogP contribution is -2.37. The zero-order valence-electron chi connectivity index (χ0n) is 12.7. The molecule has 0 radical (unpaired) electrons. The molecular formula is C17H28N2O. The zero-order chi connectivity index (χ0) is 14.2. The van der Waals surface area contributed by atoms with Crippen molar-refractivity contribution in [3.05, 3.63) is 29.8 Å². The Hall–Kier alpha value is -1.06. The van der Waals surface area contributed by atoms with E-state index in [0.29, 0.717) is 0 Å². The SMILES string of the molecule is COc1ccc(CN(CCCN)C2CCCCC2)cc1. The maximum absolute atomic E-state index is 5.69. The standard InChI is InChI=1S/C17H28N2O/c1-20-17-10-8-15(9-11-17)14-19(13-5-12-18)16-6-3-2-4-7-16/h8-11,16H,2-7,12-14,18H2,1H3. The minimum Gasteiger partial charge on any atom is -0.497 e. The van der Waals surface area contributed by atoms with Crippen molar-refractivity contribution >= 4 is 0 Å². The molecule has 0 bridgehead atoms. The molecule has 112 valence electrons. The van der Waals surface area contributed by atoms with Gasteiger partial charge in [-0.2, -0.15) is 0 Å². The van der Waals surface area contributed by atoms with Crippen molar-refractivity contribution in [1.29, 1.82) is 0 Å². The van der Waals surface area contributed by atoms with Crippen LogP contribution in [0.1, 0.15) is 44.1 Å². The minimum absolute atomic E-state index is 0.748. The lowest BCUT2D eigenvalue weighted by molar-refractivity contribution is 0.147. The predicted molar refractivity (Wildman–Crippen MR) is 83.9 cm³/mol. The molecule has 0 unspecified atom stereocenters. The number of rotatable bonds is 7. The third-order valence-electron chi connectivity index (χ3n) is 4.29. The molecule has 1 aromatic carbocycles. The van der Waals surface area contributed by atoms with Gasteiger partial charge < -0.3 is 10.5 Å². The molecule has 1 aromatic rings. The average Bonchev–Trinajstić information content (AvgIpc) is 2.53. The molecular weight excluding hydrogens is 248 g/mol. The van der Waals surface area contributed by atoms with Crippen LogP contribution in [0.3, 0.4) is 0 Å². The first-order valence-corrected chi connectivity index (χ1v) is 7.90. The van der Waals surface area contributed by atoms with Gasteiger partial charge in [-0.1, -0.05) is 31.4 Å². The molecule has 20 heavy (non-hydrogen) atoms. The summed E-state index contributed by atoms with van der Waals surface area (Å²) in [6.07, 6.45) is 7.96. The highest BCUT2D eigenvalue weighted by Crippen LogP contribution is 2.24. The van der Waals surface area contributed by atoms with Crippen LogP contribution < -0.4 is 10.5 Å². The van der Waals surface area contributed by atoms with Crippen molar-refractivity contribution in [2.45, 2.75) is 51.1 Å². The molecule has 1 saturated carbocycles. The highest BCUT2D eigenvalue weighted by atomic mass is 16.5. The van der Waals surface area contributed by atoms with E-state index < -0.39 is 0 Å². The van der Waals surface area contributed by atoms with Crippen LogP contribution in [0.4, 0.5) is 0 Å². The van der Waals surface area contributed by atoms with Crippen LogP contribution in [-0.2, 0) is 6.54 Å². The molecule has 0 spiro atoms. The molecule has 2 rings (SSSR count). The quantitative estimate of drug-likeness (QED) is 0.831. The van der Waals surface area contributed by atoms with Crippen LogP contribution in [0.15, 0.2) is 24.3 Å². The average molecular weight is 276 g/mol. The fourth-order valence-corrected chi connectivity index (χ4v) is 3.10. The van der Waals surface area contributed by atoms with E-state index in [4.69, 9.17) is 10.5 Å². The van der Waals surface area contributed by atoms with Crippen molar-refractivity contribution in [3.8, 4) is 5.75 Å². The summed E-state index contributed by atoms with van der Waals surface area (Å²) in [5.74, 6) is 0.930. The van der Waals surface area contributed by atoms with Gasteiger partial charge in [-0.05, 0) is 50.0 Å². The molecule has 0 amide bonds. The van der Waals surface area contributed by atoms with Gasteiger partial charge >= 0.3 is 0 Å². The van der Waals surface area contributed by atoms with E-state index in [2.05, 4.69) is 29.2 Å². The number of nitrogens with zero attached hydrogens (tertiary/aromatic N) is 1. The molecule has 2 N–H and O–H groups in total. The molecule has 1 aliphatic rings. The van der Waals surface area contributed by atoms with Gasteiger partial charge in [0.15, 0.2) is 0 Å². The second-order valence-electron chi connectivity index (χ2n) is 5.75. The molecule has 0 atom stereocenters. The van der Waals surface area contributed by atoms with Gasteiger partial charge in [-0.25, -0.2) is 0 Å². The second-order valence-corrected chi connectivity index (χ2v) is 5.75. The first-order valence-electron chi connectivity index (χ1n) is 7.90. The maximum Gasteiger partial charge on any atom is 0.118 e. The number of methoxy groups -OCH3 is 1. The maximum atomic E-state index is 5.69. The normalized spacial score (nSPS) is 16.6. The van der Waals surface area contributed by atoms with Gasteiger partial charge in [0.05, 0.1) is 7.11 Å². The van der Waals surface area contributed by atoms with E-state index in [1.807, 2.05) is 0 Å². The number of hydrogen-bond donors (Lipinski definition) is 1. The zero-order valence-corrected chi connectivity index (χ0v) is 12.7. The van der Waals surface area contributed by atoms with Crippen molar-refractivity contribution in [3.63, 3.8) is 0 Å². The lowest BCUT2D eigenvalue weighted by atomic mass is 9.93. The van der Waals surface area contributed by atoms with Crippen molar-refractivity contribution in [2.75, 3.05) is 20.2 Å². The Balaban J connectivity index is 1.97. The number of hydrogen-bond acceptors (Lipinski definition) is 3. The van der Waals surface area contributed by atoms with E-state index in [1.165, 1.54) is 37.7 Å². The summed E-state index contributed by atoms with van der Waals surface area (Å²) in [7, 11) is 1.71. The summed E-state index contributed by atoms with van der Waals surface area (Å²) in [6.45, 7) is 2.94. The van der Waals surface area contributed by atoms with Crippen LogP contribution in [-0.4, -0.2) is 31.1 Å². The van der Waals surface area contributed by atoms with Crippen LogP contribution in [0.5, 0.6) is 5.75 Å². The molecule has 0 heterocycles. The highest BCUT2D eigenvalue weighted by Gasteiger charge is 2.20. The van der Waals surface area contributed by atoms with Crippen molar-refractivity contribution < 1.29 is 4.74 Å². The smallest absolute Gasteiger partial charge is 0.118 e. The number of nitrogens with two attached hydrogens (primary N) is 1. The molecule has 1 fully saturated rings. The summed E-state index contributed by atoms with van der Waals surface area (Å²) < 4.78 is 5.23. The van der Waals surface area contributed by atoms with Gasteiger partial charge in [0.25, 0.3) is 0 Å². The Labute approximate surface area is 123 Å². The summed E-state index contributed by atoms with van der Waals surface area (Å²) in [5.41, 5.74) is 7.06. The Kier molecular flexibility index (Phi) is 6.34. The monoisotopic (exact) mass is 276 g/mol. The third-order valence-corrected chi connectivity index (χ3v) is 4.29. The summed E-state index contributed by atoms with van der Waals surface area (Å²) >= 11 is 0. The molecule has 0 saturated heterocycles. The van der Waals surface area contributed by atoms with Crippen molar-refractivity contribution in [1.82, 2.24) is 4.90 Å². The van der Waals surface area contributed by atoms with Crippen LogP contribution >= 0.6 is 0 Å². The van der Waals surface area contributed by atoms with E-state index in [9.17, 15) is 0 Å². The molecule has 1 aliphatic carbocycles. The van der Waals surface area contributed by atoms with Gasteiger partial charge in [0.2, 0.25) is 0 Å². The van der Waals surface area contributed by atoms with E-state index in [1.54, 1.807) is 7.11 Å².